The Morgan fingerprint density at radius 2 is 1.61 bits per heavy atom. The van der Waals surface area contributed by atoms with E-state index in [0.29, 0.717) is 12.2 Å². The molecule has 0 bridgehead atoms. The summed E-state index contributed by atoms with van der Waals surface area (Å²) in [6.07, 6.45) is 3.71. The number of anilines is 2. The summed E-state index contributed by atoms with van der Waals surface area (Å²) in [6, 6.07) is 13.0. The van der Waals surface area contributed by atoms with E-state index < -0.39 is 16.1 Å². The molecule has 3 rings (SSSR count). The Bertz CT molecular complexity index is 1060. The Hall–Kier alpha value is -2.91. The minimum absolute atomic E-state index is 0.0206. The smallest absolute Gasteiger partial charge is 0.241 e. The summed E-state index contributed by atoms with van der Waals surface area (Å²) in [5, 5.41) is 2.58. The van der Waals surface area contributed by atoms with Crippen molar-refractivity contribution in [2.75, 3.05) is 30.4 Å². The molecule has 8 nitrogen and oxygen atoms in total. The van der Waals surface area contributed by atoms with Crippen LogP contribution >= 0.6 is 0 Å². The van der Waals surface area contributed by atoms with Crippen LogP contribution in [0.1, 0.15) is 38.7 Å². The molecule has 178 valence electrons. The van der Waals surface area contributed by atoms with Crippen LogP contribution in [0, 0.1) is 0 Å². The van der Waals surface area contributed by atoms with E-state index in [4.69, 9.17) is 0 Å². The standard InChI is InChI=1S/C24H32N4O4S/c1-18(26-33(31,32)23-13-9-21(10-14-23)25-19(2)29)24(30)27(3)17-20-7-11-22(12-8-20)28-15-5-4-6-16-28/h7-14,18,26H,4-6,15-17H2,1-3H3,(H,25,29)/t18-/m0/s1. The van der Waals surface area contributed by atoms with Gasteiger partial charge < -0.3 is 15.1 Å². The fraction of sp³-hybridized carbons (Fsp3) is 0.417. The van der Waals surface area contributed by atoms with Crippen molar-refractivity contribution in [2.24, 2.45) is 0 Å². The van der Waals surface area contributed by atoms with Crippen LogP contribution in [0.25, 0.3) is 0 Å². The zero-order chi connectivity index (χ0) is 24.0. The number of sulfonamides is 1. The SMILES string of the molecule is CC(=O)Nc1ccc(S(=O)(=O)N[C@@H](C)C(=O)N(C)Cc2ccc(N3CCCCC3)cc2)cc1. The third kappa shape index (κ3) is 6.79. The van der Waals surface area contributed by atoms with Crippen LogP contribution in [0.5, 0.6) is 0 Å². The number of amides is 2. The van der Waals surface area contributed by atoms with Crippen molar-refractivity contribution in [1.29, 1.82) is 0 Å². The highest BCUT2D eigenvalue weighted by Crippen LogP contribution is 2.21. The van der Waals surface area contributed by atoms with Gasteiger partial charge in [0.2, 0.25) is 21.8 Å². The second-order valence-electron chi connectivity index (χ2n) is 8.46. The van der Waals surface area contributed by atoms with Crippen molar-refractivity contribution in [2.45, 2.75) is 50.6 Å². The molecule has 2 amide bonds. The van der Waals surface area contributed by atoms with E-state index >= 15 is 0 Å². The molecule has 1 aliphatic rings. The first kappa shape index (κ1) is 24.7. The summed E-state index contributed by atoms with van der Waals surface area (Å²) in [6.45, 7) is 5.44. The van der Waals surface area contributed by atoms with Crippen molar-refractivity contribution in [3.8, 4) is 0 Å². The number of likely N-dealkylation sites (N-methyl/N-ethyl adjacent to an activating group) is 1. The first-order chi connectivity index (χ1) is 15.7. The monoisotopic (exact) mass is 472 g/mol. The fourth-order valence-electron chi connectivity index (χ4n) is 3.92. The van der Waals surface area contributed by atoms with Crippen LogP contribution in [0.15, 0.2) is 53.4 Å². The number of carbonyl (C=O) groups is 2. The van der Waals surface area contributed by atoms with Crippen LogP contribution in [-0.2, 0) is 26.2 Å². The van der Waals surface area contributed by atoms with E-state index in [-0.39, 0.29) is 16.7 Å². The first-order valence-corrected chi connectivity index (χ1v) is 12.6. The summed E-state index contributed by atoms with van der Waals surface area (Å²) in [5.41, 5.74) is 2.67. The number of piperidine rings is 1. The minimum Gasteiger partial charge on any atom is -0.372 e. The molecule has 1 saturated heterocycles. The van der Waals surface area contributed by atoms with Gasteiger partial charge >= 0.3 is 0 Å². The molecule has 1 heterocycles. The predicted molar refractivity (Wildman–Crippen MR) is 130 cm³/mol. The fourth-order valence-corrected chi connectivity index (χ4v) is 5.12. The van der Waals surface area contributed by atoms with Crippen LogP contribution in [0.4, 0.5) is 11.4 Å². The van der Waals surface area contributed by atoms with Gasteiger partial charge in [-0.2, -0.15) is 4.72 Å². The summed E-state index contributed by atoms with van der Waals surface area (Å²) in [5.74, 6) is -0.569. The molecule has 1 fully saturated rings. The third-order valence-corrected chi connectivity index (χ3v) is 7.20. The van der Waals surface area contributed by atoms with Crippen molar-refractivity contribution >= 4 is 33.2 Å². The number of rotatable bonds is 8. The van der Waals surface area contributed by atoms with Crippen molar-refractivity contribution in [3.63, 3.8) is 0 Å². The largest absolute Gasteiger partial charge is 0.372 e. The highest BCUT2D eigenvalue weighted by Gasteiger charge is 2.24. The van der Waals surface area contributed by atoms with Gasteiger partial charge in [-0.15, -0.1) is 0 Å². The van der Waals surface area contributed by atoms with Crippen molar-refractivity contribution < 1.29 is 18.0 Å². The zero-order valence-corrected chi connectivity index (χ0v) is 20.2. The third-order valence-electron chi connectivity index (χ3n) is 5.64. The number of hydrogen-bond acceptors (Lipinski definition) is 5. The van der Waals surface area contributed by atoms with Crippen LogP contribution in [0.2, 0.25) is 0 Å². The summed E-state index contributed by atoms with van der Waals surface area (Å²) in [7, 11) is -2.23. The maximum atomic E-state index is 12.8. The Morgan fingerprint density at radius 1 is 1.00 bits per heavy atom. The Kier molecular flexibility index (Phi) is 8.10. The lowest BCUT2D eigenvalue weighted by molar-refractivity contribution is -0.131. The molecule has 9 heteroatoms. The summed E-state index contributed by atoms with van der Waals surface area (Å²) in [4.78, 5) is 27.8. The van der Waals surface area contributed by atoms with Crippen molar-refractivity contribution in [3.05, 3.63) is 54.1 Å². The van der Waals surface area contributed by atoms with Crippen LogP contribution in [0.3, 0.4) is 0 Å². The Balaban J connectivity index is 1.57. The molecule has 0 radical (unpaired) electrons. The molecule has 2 N–H and O–H groups in total. The van der Waals surface area contributed by atoms with Gasteiger partial charge in [0, 0.05) is 45.0 Å². The molecule has 0 unspecified atom stereocenters. The molecule has 0 saturated carbocycles. The zero-order valence-electron chi connectivity index (χ0n) is 19.4. The average Bonchev–Trinajstić information content (AvgIpc) is 2.79. The van der Waals surface area contributed by atoms with Gasteiger partial charge in [-0.25, -0.2) is 8.42 Å². The molecule has 1 aliphatic heterocycles. The number of nitrogens with one attached hydrogen (secondary N) is 2. The number of carbonyl (C=O) groups excluding carboxylic acids is 2. The van der Waals surface area contributed by atoms with E-state index in [0.717, 1.165) is 18.7 Å². The maximum Gasteiger partial charge on any atom is 0.241 e. The van der Waals surface area contributed by atoms with Crippen LogP contribution < -0.4 is 14.9 Å². The molecule has 33 heavy (non-hydrogen) atoms. The van der Waals surface area contributed by atoms with E-state index in [1.807, 2.05) is 12.1 Å². The van der Waals surface area contributed by atoms with E-state index in [1.54, 1.807) is 7.05 Å². The molecule has 0 spiro atoms. The van der Waals surface area contributed by atoms with Gasteiger partial charge in [-0.05, 0) is 68.1 Å². The quantitative estimate of drug-likeness (QED) is 0.616. The van der Waals surface area contributed by atoms with Gasteiger partial charge in [0.15, 0.2) is 0 Å². The maximum absolute atomic E-state index is 12.8. The van der Waals surface area contributed by atoms with Gasteiger partial charge in [-0.1, -0.05) is 12.1 Å². The highest BCUT2D eigenvalue weighted by atomic mass is 32.2. The second-order valence-corrected chi connectivity index (χ2v) is 10.2. The summed E-state index contributed by atoms with van der Waals surface area (Å²) >= 11 is 0. The molecule has 1 atom stereocenters. The second kappa shape index (κ2) is 10.8. The van der Waals surface area contributed by atoms with Gasteiger partial charge in [0.05, 0.1) is 10.9 Å². The predicted octanol–water partition coefficient (Wildman–Crippen LogP) is 2.96. The van der Waals surface area contributed by atoms with Crippen molar-refractivity contribution in [1.82, 2.24) is 9.62 Å². The first-order valence-electron chi connectivity index (χ1n) is 11.1. The number of hydrogen-bond donors (Lipinski definition) is 2. The van der Waals surface area contributed by atoms with Gasteiger partial charge in [-0.3, -0.25) is 9.59 Å². The Labute approximate surface area is 196 Å². The Morgan fingerprint density at radius 3 is 2.18 bits per heavy atom. The van der Waals surface area contributed by atoms with E-state index in [1.165, 1.54) is 68.0 Å². The van der Waals surface area contributed by atoms with E-state index in [9.17, 15) is 18.0 Å². The molecule has 0 aromatic heterocycles. The van der Waals surface area contributed by atoms with E-state index in [2.05, 4.69) is 27.1 Å². The van der Waals surface area contributed by atoms with Gasteiger partial charge in [0.25, 0.3) is 0 Å². The molecule has 2 aromatic carbocycles. The highest BCUT2D eigenvalue weighted by molar-refractivity contribution is 7.89. The molecular formula is C24H32N4O4S. The lowest BCUT2D eigenvalue weighted by Crippen LogP contribution is -2.45. The molecular weight excluding hydrogens is 440 g/mol. The summed E-state index contributed by atoms with van der Waals surface area (Å²) < 4.78 is 27.8. The lowest BCUT2D eigenvalue weighted by Gasteiger charge is -2.29. The molecule has 2 aromatic rings. The molecule has 0 aliphatic carbocycles. The number of benzene rings is 2. The lowest BCUT2D eigenvalue weighted by atomic mass is 10.1. The topological polar surface area (TPSA) is 98.8 Å². The minimum atomic E-state index is -3.89. The van der Waals surface area contributed by atoms with Crippen LogP contribution in [-0.4, -0.2) is 51.3 Å². The normalized spacial score (nSPS) is 15.1. The average molecular weight is 473 g/mol. The van der Waals surface area contributed by atoms with Gasteiger partial charge in [0.1, 0.15) is 0 Å². The number of nitrogens with zero attached hydrogens (tertiary/aromatic N) is 2.